The first kappa shape index (κ1) is 80.3. The van der Waals surface area contributed by atoms with Crippen molar-refractivity contribution in [3.8, 4) is 127 Å². The molecule has 3 fully saturated rings. The molecule has 15 heterocycles. The number of aliphatic hydroxyl groups is 1. The molecule has 0 radical (unpaired) electrons. The number of pyridine rings is 6. The number of ether oxygens (including phenoxy) is 1. The van der Waals surface area contributed by atoms with Crippen LogP contribution in [0, 0.1) is 70.0 Å². The summed E-state index contributed by atoms with van der Waals surface area (Å²) in [6, 6.07) is 41.9. The Balaban J connectivity index is 0.000000142. The Hall–Kier alpha value is -15.9. The van der Waals surface area contributed by atoms with Gasteiger partial charge in [-0.1, -0.05) is 53.9 Å². The number of nitriles is 3. The third-order valence-corrected chi connectivity index (χ3v) is 21.2. The number of nitrogens with zero attached hydrogens (tertiary/aromatic N) is 24. The van der Waals surface area contributed by atoms with Gasteiger partial charge in [0, 0.05) is 253 Å². The molecular formula is C91H83N25O5. The molecule has 0 bridgehead atoms. The highest BCUT2D eigenvalue weighted by molar-refractivity contribution is 5.91. The van der Waals surface area contributed by atoms with Crippen LogP contribution in [0.3, 0.4) is 0 Å². The van der Waals surface area contributed by atoms with Gasteiger partial charge in [-0.25, -0.2) is 33.3 Å². The quantitative estimate of drug-likeness (QED) is 0.0849. The lowest BCUT2D eigenvalue weighted by Gasteiger charge is -2.35. The van der Waals surface area contributed by atoms with Gasteiger partial charge in [-0.3, -0.25) is 23.6 Å². The molecule has 2 aromatic carbocycles. The van der Waals surface area contributed by atoms with E-state index < -0.39 is 6.10 Å². The molecule has 0 aliphatic carbocycles. The molecule has 3 aliphatic heterocycles. The predicted octanol–water partition coefficient (Wildman–Crippen LogP) is 9.80. The number of methoxy groups -OCH3 is 1. The van der Waals surface area contributed by atoms with E-state index in [0.717, 1.165) is 131 Å². The highest BCUT2D eigenvalue weighted by Crippen LogP contribution is 2.37. The van der Waals surface area contributed by atoms with E-state index >= 15 is 0 Å². The second-order valence-electron chi connectivity index (χ2n) is 29.1. The first-order valence-corrected chi connectivity index (χ1v) is 39.3. The van der Waals surface area contributed by atoms with E-state index in [-0.39, 0.29) is 37.2 Å². The van der Waals surface area contributed by atoms with Gasteiger partial charge in [0.15, 0.2) is 0 Å². The lowest BCUT2D eigenvalue weighted by Crippen LogP contribution is -2.52. The molecule has 2 N–H and O–H groups in total. The summed E-state index contributed by atoms with van der Waals surface area (Å²) in [6.45, 7) is 7.86. The number of aryl methyl sites for hydroxylation is 3. The van der Waals surface area contributed by atoms with Gasteiger partial charge in [-0.2, -0.15) is 46.4 Å². The first-order valence-electron chi connectivity index (χ1n) is 39.3. The maximum atomic E-state index is 12.9. The standard InChI is InChI=1S/C34H32N8O3.C32H28N8O.C25H23N9O/c1-39-22-28(21-37-39)26-16-31(34-27(18-35)20-38-42(34)23-26)25-9-10-32(36-19-25)40-11-13-41(14-12-40)33(44)17-29(43)7-3-5-24-6-4-8-30(15-24)45-2;1-37-22-28(21-35-37)26-17-29(32-27(18-33)20-36-40(32)23-26)25-11-12-30(34-19-25)38-13-15-39(16-14-38)31(41)10-6-5-9-24-7-3-2-4-8-24;1-3-6-27-25(35)33-9-7-32(8-10-33)23-5-4-18(13-28-23)22-11-19(21-15-29-31(2)16-21)17-34-24(22)20(12-26)14-30-34/h4,6,8-10,15-16,19-23,29,43H,7,11-14,17H2,1-2H3;2-4,7-8,11-12,17,19-23H,6,10,13-16H2,1H3;1,4-5,11,13-17H,6-10H2,2H3,(H,27,35). The third kappa shape index (κ3) is 18.7. The van der Waals surface area contributed by atoms with Crippen molar-refractivity contribution in [2.45, 2.75) is 31.8 Å². The zero-order valence-electron chi connectivity index (χ0n) is 67.0. The molecular weight excluding hydrogens is 1520 g/mol. The fourth-order valence-corrected chi connectivity index (χ4v) is 14.8. The van der Waals surface area contributed by atoms with E-state index in [1.165, 1.54) is 0 Å². The van der Waals surface area contributed by atoms with Crippen LogP contribution in [0.15, 0.2) is 202 Å². The molecule has 30 heteroatoms. The van der Waals surface area contributed by atoms with Crippen molar-refractivity contribution in [3.05, 3.63) is 230 Å². The second kappa shape index (κ2) is 36.9. The molecule has 12 aromatic heterocycles. The Bertz CT molecular complexity index is 6420. The van der Waals surface area contributed by atoms with Gasteiger partial charge in [0.2, 0.25) is 11.8 Å². The van der Waals surface area contributed by atoms with Gasteiger partial charge < -0.3 is 44.6 Å². The summed E-state index contributed by atoms with van der Waals surface area (Å²) in [5.74, 6) is 17.9. The highest BCUT2D eigenvalue weighted by atomic mass is 16.5. The number of amides is 4. The molecule has 0 spiro atoms. The number of carbonyl (C=O) groups excluding carboxylic acids is 3. The van der Waals surface area contributed by atoms with Gasteiger partial charge in [-0.15, -0.1) is 6.42 Å². The van der Waals surface area contributed by atoms with Gasteiger partial charge in [0.05, 0.1) is 96.6 Å². The lowest BCUT2D eigenvalue weighted by molar-refractivity contribution is -0.133. The SMILES string of the molecule is C#CCNC(=O)N1CCN(c2ccc(-c3cc(-c4cnn(C)c4)cn4ncc(C#N)c34)cn2)CC1.COc1cccc(C#CCC(O)CC(=O)N2CCN(c3ccc(-c4cc(-c5cnn(C)c5)cn5ncc(C#N)c45)cn3)CC2)c1.Cn1cc(-c2cc(-c3ccc(N4CCN(C(=O)CCC#Cc5ccccc5)CC4)nc3)c3c(C#N)cnn3c2)cn1. The van der Waals surface area contributed by atoms with E-state index in [2.05, 4.69) is 104 Å². The number of hydrogen-bond acceptors (Lipinski definition) is 20. The summed E-state index contributed by atoms with van der Waals surface area (Å²) in [7, 11) is 7.22. The van der Waals surface area contributed by atoms with Crippen molar-refractivity contribution in [2.75, 3.05) is 107 Å². The zero-order valence-corrected chi connectivity index (χ0v) is 67.0. The van der Waals surface area contributed by atoms with Crippen LogP contribution in [0.4, 0.5) is 22.2 Å². The van der Waals surface area contributed by atoms with Crippen molar-refractivity contribution in [3.63, 3.8) is 0 Å². The summed E-state index contributed by atoms with van der Waals surface area (Å²) in [5, 5.41) is 68.2. The van der Waals surface area contributed by atoms with Crippen molar-refractivity contribution < 1.29 is 24.2 Å². The number of anilines is 3. The predicted molar refractivity (Wildman–Crippen MR) is 457 cm³/mol. The average molecular weight is 1610 g/mol. The Kier molecular flexibility index (Phi) is 24.5. The molecule has 4 amide bonds. The van der Waals surface area contributed by atoms with Crippen LogP contribution >= 0.6 is 0 Å². The van der Waals surface area contributed by atoms with Crippen molar-refractivity contribution >= 4 is 51.8 Å². The average Bonchev–Trinajstić information content (AvgIpc) is 1.67. The van der Waals surface area contributed by atoms with Crippen LogP contribution < -0.4 is 24.8 Å². The van der Waals surface area contributed by atoms with Gasteiger partial charge in [0.1, 0.15) is 41.4 Å². The number of nitrogens with one attached hydrogen (secondary N) is 1. The summed E-state index contributed by atoms with van der Waals surface area (Å²) < 4.78 is 15.7. The Morgan fingerprint density at radius 2 is 0.868 bits per heavy atom. The summed E-state index contributed by atoms with van der Waals surface area (Å²) in [4.78, 5) is 63.9. The molecule has 602 valence electrons. The summed E-state index contributed by atoms with van der Waals surface area (Å²) >= 11 is 0. The van der Waals surface area contributed by atoms with Crippen LogP contribution in [0.2, 0.25) is 0 Å². The molecule has 1 unspecified atom stereocenters. The minimum Gasteiger partial charge on any atom is -0.497 e. The highest BCUT2D eigenvalue weighted by Gasteiger charge is 2.28. The van der Waals surface area contributed by atoms with E-state index in [1.54, 1.807) is 75.5 Å². The number of piperazine rings is 3. The van der Waals surface area contributed by atoms with Crippen LogP contribution in [-0.4, -0.2) is 209 Å². The number of urea groups is 1. The van der Waals surface area contributed by atoms with Crippen LogP contribution in [0.1, 0.15) is 53.5 Å². The summed E-state index contributed by atoms with van der Waals surface area (Å²) in [6.07, 6.45) is 32.8. The monoisotopic (exact) mass is 1610 g/mol. The Morgan fingerprint density at radius 1 is 0.455 bits per heavy atom. The maximum Gasteiger partial charge on any atom is 0.318 e. The maximum absolute atomic E-state index is 12.9. The van der Waals surface area contributed by atoms with Crippen molar-refractivity contribution in [1.29, 1.82) is 15.8 Å². The largest absolute Gasteiger partial charge is 0.497 e. The number of aromatic nitrogens is 15. The Labute approximate surface area is 697 Å². The van der Waals surface area contributed by atoms with E-state index in [4.69, 9.17) is 26.1 Å². The molecule has 3 saturated heterocycles. The van der Waals surface area contributed by atoms with Crippen LogP contribution in [-0.2, 0) is 30.7 Å². The number of benzene rings is 2. The van der Waals surface area contributed by atoms with E-state index in [9.17, 15) is 35.3 Å². The number of terminal acetylenes is 1. The summed E-state index contributed by atoms with van der Waals surface area (Å²) in [5.41, 5.74) is 16.4. The molecule has 14 aromatic rings. The van der Waals surface area contributed by atoms with Crippen LogP contribution in [0.25, 0.3) is 83.3 Å². The molecule has 0 saturated carbocycles. The number of aliphatic hydroxyl groups excluding tert-OH is 1. The van der Waals surface area contributed by atoms with Gasteiger partial charge in [-0.05, 0) is 84.9 Å². The molecule has 3 aliphatic rings. The smallest absolute Gasteiger partial charge is 0.318 e. The molecule has 30 nitrogen and oxygen atoms in total. The Morgan fingerprint density at radius 3 is 1.26 bits per heavy atom. The lowest BCUT2D eigenvalue weighted by atomic mass is 10.0. The first-order chi connectivity index (χ1) is 59.1. The number of rotatable bonds is 16. The fourth-order valence-electron chi connectivity index (χ4n) is 14.8. The normalized spacial score (nSPS) is 13.4. The van der Waals surface area contributed by atoms with E-state index in [1.807, 2.05) is 191 Å². The molecule has 1 atom stereocenters. The number of fused-ring (bicyclic) bond motifs is 3. The van der Waals surface area contributed by atoms with Gasteiger partial charge >= 0.3 is 6.03 Å². The van der Waals surface area contributed by atoms with Crippen molar-refractivity contribution in [1.82, 2.24) is 93.2 Å². The minimum absolute atomic E-state index is 0.0333. The zero-order chi connectivity index (χ0) is 83.9. The van der Waals surface area contributed by atoms with Crippen molar-refractivity contribution in [2.24, 2.45) is 21.1 Å². The minimum atomic E-state index is -0.830. The molecule has 121 heavy (non-hydrogen) atoms. The van der Waals surface area contributed by atoms with E-state index in [0.29, 0.717) is 95.0 Å². The molecule has 17 rings (SSSR count). The second-order valence-corrected chi connectivity index (χ2v) is 29.1. The van der Waals surface area contributed by atoms with Gasteiger partial charge in [0.25, 0.3) is 0 Å². The number of hydrogen-bond donors (Lipinski definition) is 2. The van der Waals surface area contributed by atoms with Crippen LogP contribution in [0.5, 0.6) is 5.75 Å². The fraction of sp³-hybridized carbons (Fsp3) is 0.242. The number of carbonyl (C=O) groups is 3. The topological polar surface area (TPSA) is 328 Å². The third-order valence-electron chi connectivity index (χ3n) is 21.2.